The van der Waals surface area contributed by atoms with E-state index in [9.17, 15) is 13.6 Å². The highest BCUT2D eigenvalue weighted by Crippen LogP contribution is 2.40. The van der Waals surface area contributed by atoms with Gasteiger partial charge in [-0.15, -0.1) is 10.2 Å². The quantitative estimate of drug-likeness (QED) is 0.919. The van der Waals surface area contributed by atoms with Crippen LogP contribution in [0.2, 0.25) is 0 Å². The molecule has 25 heavy (non-hydrogen) atoms. The van der Waals surface area contributed by atoms with Crippen molar-refractivity contribution in [3.63, 3.8) is 0 Å². The third kappa shape index (κ3) is 3.33. The summed E-state index contributed by atoms with van der Waals surface area (Å²) in [6, 6.07) is 2.97. The summed E-state index contributed by atoms with van der Waals surface area (Å²) in [6.07, 6.45) is 3.57. The van der Waals surface area contributed by atoms with Crippen molar-refractivity contribution in [2.75, 3.05) is 18.4 Å². The molecule has 0 atom stereocenters. The fourth-order valence-corrected chi connectivity index (χ4v) is 3.04. The first kappa shape index (κ1) is 16.0. The Balaban J connectivity index is 1.35. The van der Waals surface area contributed by atoms with Crippen molar-refractivity contribution in [1.29, 1.82) is 0 Å². The van der Waals surface area contributed by atoms with Crippen molar-refractivity contribution in [2.45, 2.75) is 37.5 Å². The minimum Gasteiger partial charge on any atom is -0.425 e. The summed E-state index contributed by atoms with van der Waals surface area (Å²) >= 11 is 0. The highest BCUT2D eigenvalue weighted by atomic mass is 19.1. The number of carbonyl (C=O) groups excluding carboxylic acids is 1. The molecular formula is C17H18F2N4O2. The molecule has 2 heterocycles. The number of anilines is 1. The van der Waals surface area contributed by atoms with Crippen LogP contribution in [0.25, 0.3) is 0 Å². The highest BCUT2D eigenvalue weighted by molar-refractivity contribution is 5.89. The Kier molecular flexibility index (Phi) is 4.10. The summed E-state index contributed by atoms with van der Waals surface area (Å²) in [6.45, 7) is 0.932. The average Bonchev–Trinajstić information content (AvgIpc) is 3.35. The molecule has 8 heteroatoms. The number of aromatic nitrogens is 2. The molecule has 1 saturated carbocycles. The molecule has 2 aromatic rings. The lowest BCUT2D eigenvalue weighted by Crippen LogP contribution is -2.40. The second kappa shape index (κ2) is 6.42. The van der Waals surface area contributed by atoms with Gasteiger partial charge in [-0.2, -0.15) is 0 Å². The van der Waals surface area contributed by atoms with Gasteiger partial charge in [0.15, 0.2) is 0 Å². The number of nitrogens with one attached hydrogen (secondary N) is 1. The van der Waals surface area contributed by atoms with Crippen LogP contribution in [0.4, 0.5) is 19.3 Å². The van der Waals surface area contributed by atoms with E-state index >= 15 is 0 Å². The van der Waals surface area contributed by atoms with Crippen molar-refractivity contribution >= 4 is 11.7 Å². The topological polar surface area (TPSA) is 71.3 Å². The fourth-order valence-electron chi connectivity index (χ4n) is 3.04. The molecule has 1 aliphatic heterocycles. The molecule has 1 N–H and O–H groups in total. The van der Waals surface area contributed by atoms with Crippen molar-refractivity contribution in [2.24, 2.45) is 0 Å². The number of amides is 2. The maximum absolute atomic E-state index is 13.6. The predicted molar refractivity (Wildman–Crippen MR) is 85.2 cm³/mol. The van der Waals surface area contributed by atoms with Gasteiger partial charge in [-0.3, -0.25) is 0 Å². The minimum atomic E-state index is -0.790. The van der Waals surface area contributed by atoms with E-state index < -0.39 is 23.4 Å². The van der Waals surface area contributed by atoms with E-state index in [1.54, 1.807) is 4.90 Å². The van der Waals surface area contributed by atoms with Crippen molar-refractivity contribution in [3.8, 4) is 0 Å². The van der Waals surface area contributed by atoms with Gasteiger partial charge >= 0.3 is 6.03 Å². The van der Waals surface area contributed by atoms with Gasteiger partial charge in [-0.1, -0.05) is 6.07 Å². The van der Waals surface area contributed by atoms with Crippen molar-refractivity contribution in [1.82, 2.24) is 15.1 Å². The molecule has 0 radical (unpaired) electrons. The first-order chi connectivity index (χ1) is 12.1. The number of likely N-dealkylation sites (tertiary alicyclic amines) is 1. The van der Waals surface area contributed by atoms with Crippen LogP contribution in [0.3, 0.4) is 0 Å². The molecule has 2 fully saturated rings. The van der Waals surface area contributed by atoms with Gasteiger partial charge in [0.25, 0.3) is 0 Å². The van der Waals surface area contributed by atoms with Gasteiger partial charge in [0.1, 0.15) is 17.3 Å². The standard InChI is InChI=1S/C17H18F2N4O2/c18-12-2-1-3-13(19)14(12)20-17(24)23-8-6-11(7-9-23)16-22-21-15(25-16)10-4-5-10/h1-3,10-11H,4-9H2,(H,20,24). The minimum absolute atomic E-state index is 0.120. The van der Waals surface area contributed by atoms with Crippen LogP contribution in [-0.2, 0) is 0 Å². The summed E-state index contributed by atoms with van der Waals surface area (Å²) in [7, 11) is 0. The molecule has 1 aromatic carbocycles. The number of piperidine rings is 1. The lowest BCUT2D eigenvalue weighted by atomic mass is 9.97. The Labute approximate surface area is 143 Å². The van der Waals surface area contributed by atoms with Crippen LogP contribution in [0.5, 0.6) is 0 Å². The largest absolute Gasteiger partial charge is 0.425 e. The fraction of sp³-hybridized carbons (Fsp3) is 0.471. The first-order valence-electron chi connectivity index (χ1n) is 8.45. The first-order valence-corrected chi connectivity index (χ1v) is 8.45. The number of para-hydroxylation sites is 1. The molecule has 2 amide bonds. The van der Waals surface area contributed by atoms with Crippen LogP contribution in [0.1, 0.15) is 49.3 Å². The average molecular weight is 348 g/mol. The van der Waals surface area contributed by atoms with Crippen LogP contribution < -0.4 is 5.32 Å². The molecule has 1 aromatic heterocycles. The number of halogens is 2. The number of carbonyl (C=O) groups is 1. The van der Waals surface area contributed by atoms with E-state index in [1.165, 1.54) is 6.07 Å². The molecule has 0 spiro atoms. The SMILES string of the molecule is O=C(Nc1c(F)cccc1F)N1CCC(c2nnc(C3CC3)o2)CC1. The second-order valence-electron chi connectivity index (χ2n) is 6.54. The molecule has 0 unspecified atom stereocenters. The molecular weight excluding hydrogens is 330 g/mol. The Bertz CT molecular complexity index is 762. The van der Waals surface area contributed by atoms with Gasteiger partial charge < -0.3 is 14.6 Å². The monoisotopic (exact) mass is 348 g/mol. The van der Waals surface area contributed by atoms with Crippen LogP contribution in [-0.4, -0.2) is 34.2 Å². The zero-order valence-corrected chi connectivity index (χ0v) is 13.5. The second-order valence-corrected chi connectivity index (χ2v) is 6.54. The van der Waals surface area contributed by atoms with E-state index in [1.807, 2.05) is 0 Å². The summed E-state index contributed by atoms with van der Waals surface area (Å²) in [5.74, 6) is 0.299. The van der Waals surface area contributed by atoms with E-state index in [4.69, 9.17) is 4.42 Å². The third-order valence-electron chi connectivity index (χ3n) is 4.71. The molecule has 0 bridgehead atoms. The number of urea groups is 1. The maximum atomic E-state index is 13.6. The Hall–Kier alpha value is -2.51. The number of rotatable bonds is 3. The Morgan fingerprint density at radius 2 is 1.60 bits per heavy atom. The van der Waals surface area contributed by atoms with Gasteiger partial charge in [0.05, 0.1) is 0 Å². The van der Waals surface area contributed by atoms with E-state index in [2.05, 4.69) is 15.5 Å². The van der Waals surface area contributed by atoms with E-state index in [0.717, 1.165) is 25.0 Å². The van der Waals surface area contributed by atoms with Crippen LogP contribution in [0, 0.1) is 11.6 Å². The van der Waals surface area contributed by atoms with Gasteiger partial charge in [-0.05, 0) is 37.8 Å². The molecule has 1 aliphatic carbocycles. The zero-order valence-electron chi connectivity index (χ0n) is 13.5. The molecule has 1 saturated heterocycles. The normalized spacial score (nSPS) is 18.4. The van der Waals surface area contributed by atoms with Crippen LogP contribution >= 0.6 is 0 Å². The lowest BCUT2D eigenvalue weighted by Gasteiger charge is -2.30. The van der Waals surface area contributed by atoms with E-state index in [0.29, 0.717) is 43.6 Å². The highest BCUT2D eigenvalue weighted by Gasteiger charge is 2.32. The van der Waals surface area contributed by atoms with Gasteiger partial charge in [-0.25, -0.2) is 13.6 Å². The summed E-state index contributed by atoms with van der Waals surface area (Å²) in [5.41, 5.74) is -0.416. The smallest absolute Gasteiger partial charge is 0.322 e. The molecule has 4 rings (SSSR count). The number of hydrogen-bond donors (Lipinski definition) is 1. The van der Waals surface area contributed by atoms with Crippen molar-refractivity contribution < 1.29 is 18.0 Å². The Morgan fingerprint density at radius 1 is 1.04 bits per heavy atom. The maximum Gasteiger partial charge on any atom is 0.322 e. The summed E-state index contributed by atoms with van der Waals surface area (Å²) < 4.78 is 33.0. The molecule has 132 valence electrons. The lowest BCUT2D eigenvalue weighted by molar-refractivity contribution is 0.189. The van der Waals surface area contributed by atoms with Crippen molar-refractivity contribution in [3.05, 3.63) is 41.6 Å². The van der Waals surface area contributed by atoms with E-state index in [-0.39, 0.29) is 5.92 Å². The summed E-state index contributed by atoms with van der Waals surface area (Å²) in [4.78, 5) is 13.8. The summed E-state index contributed by atoms with van der Waals surface area (Å²) in [5, 5.41) is 10.5. The molecule has 2 aliphatic rings. The number of hydrogen-bond acceptors (Lipinski definition) is 4. The number of benzene rings is 1. The zero-order chi connectivity index (χ0) is 17.4. The predicted octanol–water partition coefficient (Wildman–Crippen LogP) is 3.64. The number of nitrogens with zero attached hydrogens (tertiary/aromatic N) is 3. The Morgan fingerprint density at radius 3 is 2.16 bits per heavy atom. The third-order valence-corrected chi connectivity index (χ3v) is 4.71. The van der Waals surface area contributed by atoms with Gasteiger partial charge in [0.2, 0.25) is 11.8 Å². The molecule has 6 nitrogen and oxygen atoms in total. The van der Waals surface area contributed by atoms with Gasteiger partial charge in [0, 0.05) is 24.9 Å². The van der Waals surface area contributed by atoms with Crippen LogP contribution in [0.15, 0.2) is 22.6 Å².